The number of nitrogens with zero attached hydrogens (tertiary/aromatic N) is 1. The first-order chi connectivity index (χ1) is 5.11. The average molecular weight is 190 g/mol. The fourth-order valence-electron chi connectivity index (χ4n) is 0.733. The lowest BCUT2D eigenvalue weighted by atomic mass is 10.3. The molecule has 0 N–H and O–H groups in total. The quantitative estimate of drug-likeness (QED) is 0.674. The van der Waals surface area contributed by atoms with Gasteiger partial charge >= 0.3 is 0 Å². The van der Waals surface area contributed by atoms with Gasteiger partial charge in [-0.05, 0) is 18.6 Å². The van der Waals surface area contributed by atoms with Crippen LogP contribution in [0.3, 0.4) is 0 Å². The van der Waals surface area contributed by atoms with Crippen LogP contribution in [0.4, 0.5) is 0 Å². The van der Waals surface area contributed by atoms with E-state index in [9.17, 15) is 4.21 Å². The van der Waals surface area contributed by atoms with Crippen LogP contribution in [0.25, 0.3) is 0 Å². The third-order valence-corrected chi connectivity index (χ3v) is 2.49. The summed E-state index contributed by atoms with van der Waals surface area (Å²) in [6.45, 7) is 1.89. The molecule has 1 aromatic rings. The Labute approximate surface area is 73.1 Å². The Morgan fingerprint density at radius 1 is 1.64 bits per heavy atom. The van der Waals surface area contributed by atoms with Crippen LogP contribution in [0.5, 0.6) is 0 Å². The minimum absolute atomic E-state index is 0.456. The van der Waals surface area contributed by atoms with Gasteiger partial charge in [-0.25, -0.2) is 4.98 Å². The summed E-state index contributed by atoms with van der Waals surface area (Å²) >= 11 is 5.77. The van der Waals surface area contributed by atoms with Gasteiger partial charge in [-0.2, -0.15) is 0 Å². The van der Waals surface area contributed by atoms with E-state index < -0.39 is 10.8 Å². The molecular formula is C7H8ClNOS. The molecule has 1 heterocycles. The highest BCUT2D eigenvalue weighted by Crippen LogP contribution is 2.16. The summed E-state index contributed by atoms with van der Waals surface area (Å²) in [5.41, 5.74) is 0.976. The third-order valence-electron chi connectivity index (χ3n) is 1.22. The molecule has 4 heteroatoms. The molecule has 11 heavy (non-hydrogen) atoms. The zero-order chi connectivity index (χ0) is 8.43. The Kier molecular flexibility index (Phi) is 2.62. The van der Waals surface area contributed by atoms with Crippen molar-refractivity contribution in [2.45, 2.75) is 11.9 Å². The molecular weight excluding hydrogens is 182 g/mol. The molecule has 0 saturated heterocycles. The lowest BCUT2D eigenvalue weighted by molar-refractivity contribution is 0.684. The first-order valence-corrected chi connectivity index (χ1v) is 5.00. The second-order valence-electron chi connectivity index (χ2n) is 2.25. The smallest absolute Gasteiger partial charge is 0.145 e. The maximum atomic E-state index is 10.9. The molecule has 0 aromatic carbocycles. The van der Waals surface area contributed by atoms with Crippen LogP contribution in [0.2, 0.25) is 5.02 Å². The van der Waals surface area contributed by atoms with Gasteiger partial charge in [0.05, 0.1) is 15.8 Å². The average Bonchev–Trinajstić information content (AvgIpc) is 1.85. The number of halogens is 1. The van der Waals surface area contributed by atoms with Crippen molar-refractivity contribution in [1.82, 2.24) is 4.98 Å². The molecule has 1 rings (SSSR count). The number of aromatic nitrogens is 1. The minimum Gasteiger partial charge on any atom is -0.253 e. The molecule has 0 spiro atoms. The number of hydrogen-bond donors (Lipinski definition) is 0. The first kappa shape index (κ1) is 8.68. The van der Waals surface area contributed by atoms with Crippen molar-refractivity contribution >= 4 is 22.4 Å². The molecule has 0 bridgehead atoms. The number of pyridine rings is 1. The van der Waals surface area contributed by atoms with Gasteiger partial charge in [-0.3, -0.25) is 4.21 Å². The van der Waals surface area contributed by atoms with E-state index in [1.54, 1.807) is 18.5 Å². The van der Waals surface area contributed by atoms with Crippen molar-refractivity contribution in [3.8, 4) is 0 Å². The van der Waals surface area contributed by atoms with E-state index in [0.717, 1.165) is 5.56 Å². The summed E-state index contributed by atoms with van der Waals surface area (Å²) in [6.07, 6.45) is 3.21. The second kappa shape index (κ2) is 3.32. The maximum Gasteiger partial charge on any atom is 0.145 e. The third kappa shape index (κ3) is 2.01. The van der Waals surface area contributed by atoms with E-state index in [1.807, 2.05) is 6.92 Å². The van der Waals surface area contributed by atoms with Crippen LogP contribution in [-0.2, 0) is 10.8 Å². The molecule has 0 fully saturated rings. The summed E-state index contributed by atoms with van der Waals surface area (Å²) in [5.74, 6) is 0. The predicted octanol–water partition coefficient (Wildman–Crippen LogP) is 1.78. The van der Waals surface area contributed by atoms with Crippen LogP contribution >= 0.6 is 11.6 Å². The Balaban J connectivity index is 3.20. The summed E-state index contributed by atoms with van der Waals surface area (Å²) < 4.78 is 10.9. The van der Waals surface area contributed by atoms with Gasteiger partial charge in [-0.15, -0.1) is 0 Å². The highest BCUT2D eigenvalue weighted by molar-refractivity contribution is 7.84. The van der Waals surface area contributed by atoms with Crippen molar-refractivity contribution in [3.63, 3.8) is 0 Å². The summed E-state index contributed by atoms with van der Waals surface area (Å²) in [6, 6.07) is 1.76. The van der Waals surface area contributed by atoms with E-state index in [-0.39, 0.29) is 0 Å². The second-order valence-corrected chi connectivity index (χ2v) is 3.96. The molecule has 0 radical (unpaired) electrons. The van der Waals surface area contributed by atoms with Gasteiger partial charge in [0.1, 0.15) is 5.03 Å². The van der Waals surface area contributed by atoms with Gasteiger partial charge in [0.15, 0.2) is 0 Å². The SMILES string of the molecule is Cc1cnc(S(C)=O)c(Cl)c1. The molecule has 0 aliphatic carbocycles. The molecule has 0 amide bonds. The summed E-state index contributed by atoms with van der Waals surface area (Å²) in [7, 11) is -1.09. The monoisotopic (exact) mass is 189 g/mol. The van der Waals surface area contributed by atoms with Gasteiger partial charge in [-0.1, -0.05) is 11.6 Å². The molecule has 0 saturated carbocycles. The van der Waals surface area contributed by atoms with E-state index in [4.69, 9.17) is 11.6 Å². The van der Waals surface area contributed by atoms with Crippen LogP contribution in [-0.4, -0.2) is 15.4 Å². The van der Waals surface area contributed by atoms with Crippen LogP contribution in [0.1, 0.15) is 5.56 Å². The lowest BCUT2D eigenvalue weighted by Gasteiger charge is -1.98. The fourth-order valence-corrected chi connectivity index (χ4v) is 1.81. The minimum atomic E-state index is -1.09. The molecule has 60 valence electrons. The van der Waals surface area contributed by atoms with Crippen LogP contribution in [0.15, 0.2) is 17.3 Å². The van der Waals surface area contributed by atoms with Gasteiger partial charge in [0.25, 0.3) is 0 Å². The van der Waals surface area contributed by atoms with Gasteiger partial charge < -0.3 is 0 Å². The van der Waals surface area contributed by atoms with Crippen LogP contribution < -0.4 is 0 Å². The van der Waals surface area contributed by atoms with E-state index in [2.05, 4.69) is 4.98 Å². The van der Waals surface area contributed by atoms with Crippen molar-refractivity contribution in [3.05, 3.63) is 22.8 Å². The predicted molar refractivity (Wildman–Crippen MR) is 46.3 cm³/mol. The first-order valence-electron chi connectivity index (χ1n) is 3.07. The van der Waals surface area contributed by atoms with E-state index >= 15 is 0 Å². The standard InChI is InChI=1S/C7H8ClNOS/c1-5-3-6(8)7(9-4-5)11(2)10/h3-4H,1-2H3. The zero-order valence-corrected chi connectivity index (χ0v) is 7.87. The van der Waals surface area contributed by atoms with Crippen LogP contribution in [0, 0.1) is 6.92 Å². The van der Waals surface area contributed by atoms with Crippen molar-refractivity contribution in [1.29, 1.82) is 0 Å². The Hall–Kier alpha value is -0.410. The normalized spacial score (nSPS) is 13.0. The summed E-state index contributed by atoms with van der Waals surface area (Å²) in [4.78, 5) is 3.95. The molecule has 2 nitrogen and oxygen atoms in total. The largest absolute Gasteiger partial charge is 0.253 e. The lowest BCUT2D eigenvalue weighted by Crippen LogP contribution is -1.93. The number of rotatable bonds is 1. The fraction of sp³-hybridized carbons (Fsp3) is 0.286. The molecule has 1 atom stereocenters. The maximum absolute atomic E-state index is 10.9. The highest BCUT2D eigenvalue weighted by atomic mass is 35.5. The molecule has 1 aromatic heterocycles. The van der Waals surface area contributed by atoms with Crippen molar-refractivity contribution < 1.29 is 4.21 Å². The number of hydrogen-bond acceptors (Lipinski definition) is 2. The van der Waals surface area contributed by atoms with Crippen molar-refractivity contribution in [2.75, 3.05) is 6.26 Å². The summed E-state index contributed by atoms with van der Waals surface area (Å²) in [5, 5.41) is 0.933. The molecule has 1 unspecified atom stereocenters. The van der Waals surface area contributed by atoms with Gasteiger partial charge in [0, 0.05) is 12.5 Å². The van der Waals surface area contributed by atoms with Gasteiger partial charge in [0.2, 0.25) is 0 Å². The highest BCUT2D eigenvalue weighted by Gasteiger charge is 2.04. The Morgan fingerprint density at radius 3 is 2.73 bits per heavy atom. The molecule has 0 aliphatic heterocycles. The van der Waals surface area contributed by atoms with Crippen molar-refractivity contribution in [2.24, 2.45) is 0 Å². The topological polar surface area (TPSA) is 30.0 Å². The molecule has 0 aliphatic rings. The zero-order valence-electron chi connectivity index (χ0n) is 6.30. The number of aryl methyl sites for hydroxylation is 1. The Bertz CT molecular complexity index is 300. The Morgan fingerprint density at radius 2 is 2.27 bits per heavy atom. The van der Waals surface area contributed by atoms with E-state index in [1.165, 1.54) is 0 Å². The van der Waals surface area contributed by atoms with E-state index in [0.29, 0.717) is 10.0 Å².